The van der Waals surface area contributed by atoms with Crippen molar-refractivity contribution in [2.24, 2.45) is 5.92 Å². The molecule has 0 bridgehead atoms. The van der Waals surface area contributed by atoms with E-state index in [0.29, 0.717) is 30.4 Å². The number of benzene rings is 1. The van der Waals surface area contributed by atoms with Crippen LogP contribution in [-0.4, -0.2) is 12.6 Å². The Kier molecular flexibility index (Phi) is 10.2. The summed E-state index contributed by atoms with van der Waals surface area (Å²) >= 11 is 0. The van der Waals surface area contributed by atoms with Crippen LogP contribution in [0.1, 0.15) is 59.8 Å². The minimum absolute atomic E-state index is 0.283. The van der Waals surface area contributed by atoms with Crippen LogP contribution >= 0.6 is 0 Å². The lowest BCUT2D eigenvalue weighted by Gasteiger charge is -2.14. The number of esters is 1. The largest absolute Gasteiger partial charge is 0.490 e. The van der Waals surface area contributed by atoms with Crippen molar-refractivity contribution in [3.63, 3.8) is 0 Å². The molecule has 0 radical (unpaired) electrons. The van der Waals surface area contributed by atoms with E-state index in [-0.39, 0.29) is 12.4 Å². The first-order chi connectivity index (χ1) is 12.0. The second-order valence-corrected chi connectivity index (χ2v) is 6.45. The van der Waals surface area contributed by atoms with Crippen molar-refractivity contribution in [2.45, 2.75) is 59.8 Å². The van der Waals surface area contributed by atoms with Crippen LogP contribution in [0, 0.1) is 17.8 Å². The Labute approximate surface area is 152 Å². The summed E-state index contributed by atoms with van der Waals surface area (Å²) in [5, 5.41) is 0. The van der Waals surface area contributed by atoms with E-state index < -0.39 is 0 Å². The molecule has 0 aromatic heterocycles. The fraction of sp³-hybridized carbons (Fsp3) is 0.500. The zero-order valence-electron chi connectivity index (χ0n) is 15.9. The molecule has 136 valence electrons. The lowest BCUT2D eigenvalue weighted by molar-refractivity contribution is -0.134. The van der Waals surface area contributed by atoms with Gasteiger partial charge in [0.05, 0.1) is 13.0 Å². The van der Waals surface area contributed by atoms with Crippen LogP contribution in [-0.2, 0) is 4.79 Å². The van der Waals surface area contributed by atoms with Gasteiger partial charge in [-0.05, 0) is 58.1 Å². The second kappa shape index (κ2) is 12.2. The van der Waals surface area contributed by atoms with E-state index in [1.165, 1.54) is 5.57 Å². The summed E-state index contributed by atoms with van der Waals surface area (Å²) in [5.74, 6) is 7.05. The summed E-state index contributed by atoms with van der Waals surface area (Å²) in [7, 11) is 0. The van der Waals surface area contributed by atoms with Crippen molar-refractivity contribution in [1.29, 1.82) is 0 Å². The van der Waals surface area contributed by atoms with E-state index in [2.05, 4.69) is 38.7 Å². The van der Waals surface area contributed by atoms with E-state index >= 15 is 0 Å². The van der Waals surface area contributed by atoms with Gasteiger partial charge in [-0.15, -0.1) is 11.8 Å². The van der Waals surface area contributed by atoms with Gasteiger partial charge in [-0.25, -0.2) is 0 Å². The van der Waals surface area contributed by atoms with E-state index in [4.69, 9.17) is 9.47 Å². The van der Waals surface area contributed by atoms with Crippen LogP contribution in [0.15, 0.2) is 35.9 Å². The van der Waals surface area contributed by atoms with Gasteiger partial charge in [0.25, 0.3) is 0 Å². The Morgan fingerprint density at radius 2 is 1.92 bits per heavy atom. The molecule has 1 rings (SSSR count). The topological polar surface area (TPSA) is 35.5 Å². The zero-order chi connectivity index (χ0) is 18.5. The van der Waals surface area contributed by atoms with Gasteiger partial charge < -0.3 is 9.47 Å². The second-order valence-electron chi connectivity index (χ2n) is 6.45. The van der Waals surface area contributed by atoms with Crippen LogP contribution in [0.2, 0.25) is 0 Å². The molecule has 0 heterocycles. The molecule has 1 aromatic rings. The van der Waals surface area contributed by atoms with Gasteiger partial charge in [0, 0.05) is 6.42 Å². The summed E-state index contributed by atoms with van der Waals surface area (Å²) in [6.45, 7) is 8.87. The summed E-state index contributed by atoms with van der Waals surface area (Å²) in [4.78, 5) is 11.8. The maximum absolute atomic E-state index is 11.8. The summed E-state index contributed by atoms with van der Waals surface area (Å²) < 4.78 is 11.2. The highest BCUT2D eigenvalue weighted by atomic mass is 16.6. The van der Waals surface area contributed by atoms with E-state index in [1.54, 1.807) is 13.0 Å². The predicted molar refractivity (Wildman–Crippen MR) is 103 cm³/mol. The molecule has 1 atom stereocenters. The van der Waals surface area contributed by atoms with Gasteiger partial charge >= 0.3 is 5.97 Å². The van der Waals surface area contributed by atoms with Gasteiger partial charge in [0.15, 0.2) is 11.5 Å². The molecule has 0 unspecified atom stereocenters. The van der Waals surface area contributed by atoms with Crippen molar-refractivity contribution in [2.75, 3.05) is 6.61 Å². The van der Waals surface area contributed by atoms with Crippen molar-refractivity contribution < 1.29 is 14.3 Å². The normalized spacial score (nSPS) is 11.0. The lowest BCUT2D eigenvalue weighted by Crippen LogP contribution is -2.09. The Bertz CT molecular complexity index is 616. The monoisotopic (exact) mass is 342 g/mol. The van der Waals surface area contributed by atoms with Crippen LogP contribution in [0.25, 0.3) is 0 Å². The first-order valence-electron chi connectivity index (χ1n) is 8.98. The van der Waals surface area contributed by atoms with Gasteiger partial charge in [0.2, 0.25) is 0 Å². The van der Waals surface area contributed by atoms with E-state index in [9.17, 15) is 4.79 Å². The maximum atomic E-state index is 11.8. The SMILES string of the molecule is CC#CCCC(=O)Oc1ccccc1OCC[C@@H](C)CCC=C(C)C. The van der Waals surface area contributed by atoms with Gasteiger partial charge in [-0.2, -0.15) is 0 Å². The molecule has 0 N–H and O–H groups in total. The molecule has 0 saturated carbocycles. The number of carbonyl (C=O) groups is 1. The molecule has 0 fully saturated rings. The van der Waals surface area contributed by atoms with Crippen molar-refractivity contribution in [3.05, 3.63) is 35.9 Å². The predicted octanol–water partition coefficient (Wildman–Crippen LogP) is 5.55. The van der Waals surface area contributed by atoms with Crippen LogP contribution in [0.5, 0.6) is 11.5 Å². The fourth-order valence-corrected chi connectivity index (χ4v) is 2.29. The first-order valence-corrected chi connectivity index (χ1v) is 8.98. The third-order valence-corrected chi connectivity index (χ3v) is 3.78. The number of allylic oxidation sites excluding steroid dienone is 2. The maximum Gasteiger partial charge on any atom is 0.312 e. The number of carbonyl (C=O) groups excluding carboxylic acids is 1. The third kappa shape index (κ3) is 9.62. The average molecular weight is 342 g/mol. The molecule has 0 aliphatic carbocycles. The molecule has 0 saturated heterocycles. The molecule has 0 amide bonds. The van der Waals surface area contributed by atoms with Crippen LogP contribution in [0.3, 0.4) is 0 Å². The van der Waals surface area contributed by atoms with Crippen molar-refractivity contribution >= 4 is 5.97 Å². The van der Waals surface area contributed by atoms with Gasteiger partial charge in [-0.1, -0.05) is 30.7 Å². The highest BCUT2D eigenvalue weighted by Gasteiger charge is 2.10. The molecular weight excluding hydrogens is 312 g/mol. The Balaban J connectivity index is 2.44. The van der Waals surface area contributed by atoms with Crippen molar-refractivity contribution in [1.82, 2.24) is 0 Å². The van der Waals surface area contributed by atoms with E-state index in [0.717, 1.165) is 19.3 Å². The Morgan fingerprint density at radius 3 is 2.60 bits per heavy atom. The highest BCUT2D eigenvalue weighted by Crippen LogP contribution is 2.27. The number of para-hydroxylation sites is 2. The highest BCUT2D eigenvalue weighted by molar-refractivity contribution is 5.73. The minimum atomic E-state index is -0.283. The quantitative estimate of drug-likeness (QED) is 0.242. The summed E-state index contributed by atoms with van der Waals surface area (Å²) in [6, 6.07) is 7.32. The fourth-order valence-electron chi connectivity index (χ4n) is 2.29. The third-order valence-electron chi connectivity index (χ3n) is 3.78. The minimum Gasteiger partial charge on any atom is -0.490 e. The number of ether oxygens (including phenoxy) is 2. The zero-order valence-corrected chi connectivity index (χ0v) is 15.9. The van der Waals surface area contributed by atoms with Crippen LogP contribution < -0.4 is 9.47 Å². The molecule has 0 aliphatic heterocycles. The standard InChI is InChI=1S/C22H30O3/c1-5-6-7-15-22(23)25-21-14-9-8-13-20(21)24-17-16-19(4)12-10-11-18(2)3/h8-9,11,13-14,19H,7,10,12,15-17H2,1-4H3/t19-/m0/s1. The van der Waals surface area contributed by atoms with Crippen molar-refractivity contribution in [3.8, 4) is 23.3 Å². The molecule has 3 nitrogen and oxygen atoms in total. The Morgan fingerprint density at radius 1 is 1.20 bits per heavy atom. The van der Waals surface area contributed by atoms with Crippen LogP contribution in [0.4, 0.5) is 0 Å². The van der Waals surface area contributed by atoms with E-state index in [1.807, 2.05) is 18.2 Å². The van der Waals surface area contributed by atoms with Gasteiger partial charge in [-0.3, -0.25) is 4.79 Å². The smallest absolute Gasteiger partial charge is 0.312 e. The van der Waals surface area contributed by atoms with Gasteiger partial charge in [0.1, 0.15) is 0 Å². The molecule has 1 aromatic carbocycles. The molecule has 0 spiro atoms. The lowest BCUT2D eigenvalue weighted by atomic mass is 10.0. The molecule has 3 heteroatoms. The number of rotatable bonds is 10. The molecule has 25 heavy (non-hydrogen) atoms. The summed E-state index contributed by atoms with van der Waals surface area (Å²) in [5.41, 5.74) is 1.36. The summed E-state index contributed by atoms with van der Waals surface area (Å²) in [6.07, 6.45) is 6.32. The first kappa shape index (κ1) is 20.8. The average Bonchev–Trinajstić information content (AvgIpc) is 2.56. The molecular formula is C22H30O3. The number of hydrogen-bond acceptors (Lipinski definition) is 3. The Hall–Kier alpha value is -2.21. The number of hydrogen-bond donors (Lipinski definition) is 0. The molecule has 0 aliphatic rings.